The van der Waals surface area contributed by atoms with E-state index >= 15 is 0 Å². The Morgan fingerprint density at radius 1 is 1.33 bits per heavy atom. The summed E-state index contributed by atoms with van der Waals surface area (Å²) in [6.07, 6.45) is 5.36. The topological polar surface area (TPSA) is 62.7 Å². The Kier molecular flexibility index (Phi) is 4.80. The molecule has 0 saturated carbocycles. The Morgan fingerprint density at radius 2 is 2.08 bits per heavy atom. The molecule has 1 unspecified atom stereocenters. The second kappa shape index (κ2) is 6.84. The van der Waals surface area contributed by atoms with E-state index in [1.807, 2.05) is 0 Å². The minimum atomic E-state index is -0.796. The number of nitrogens with zero attached hydrogens (tertiary/aromatic N) is 3. The van der Waals surface area contributed by atoms with E-state index in [2.05, 4.69) is 4.98 Å². The Hall–Kier alpha value is -2.02. The fraction of sp³-hybridized carbons (Fsp3) is 0.588. The van der Waals surface area contributed by atoms with Gasteiger partial charge in [-0.15, -0.1) is 0 Å². The fourth-order valence-electron chi connectivity index (χ4n) is 3.82. The van der Waals surface area contributed by atoms with Crippen molar-refractivity contribution in [1.29, 1.82) is 0 Å². The molecule has 2 aliphatic heterocycles. The number of carbonyl (C=O) groups excluding carboxylic acids is 2. The monoisotopic (exact) mass is 335 g/mol. The zero-order valence-electron chi connectivity index (χ0n) is 13.8. The zero-order valence-corrected chi connectivity index (χ0v) is 13.8. The van der Waals surface area contributed by atoms with Crippen LogP contribution in [-0.2, 0) is 9.53 Å². The molecular formula is C17H22FN3O3. The first-order chi connectivity index (χ1) is 11.6. The number of hydrogen-bond acceptors (Lipinski definition) is 4. The molecule has 2 aliphatic rings. The van der Waals surface area contributed by atoms with Gasteiger partial charge in [0.15, 0.2) is 0 Å². The third-order valence-electron chi connectivity index (χ3n) is 4.95. The summed E-state index contributed by atoms with van der Waals surface area (Å²) in [5.41, 5.74) is -0.604. The van der Waals surface area contributed by atoms with E-state index in [9.17, 15) is 14.0 Å². The Labute approximate surface area is 140 Å². The minimum Gasteiger partial charge on any atom is -0.383 e. The molecular weight excluding hydrogens is 313 g/mol. The van der Waals surface area contributed by atoms with Crippen LogP contribution in [0.5, 0.6) is 0 Å². The first-order valence-electron chi connectivity index (χ1n) is 8.29. The molecule has 2 amide bonds. The smallest absolute Gasteiger partial charge is 0.256 e. The molecule has 0 bridgehead atoms. The third-order valence-corrected chi connectivity index (χ3v) is 4.95. The van der Waals surface area contributed by atoms with Crippen LogP contribution in [0.15, 0.2) is 18.5 Å². The van der Waals surface area contributed by atoms with E-state index in [0.717, 1.165) is 19.0 Å². The Bertz CT molecular complexity index is 639. The third kappa shape index (κ3) is 2.88. The molecule has 0 aromatic carbocycles. The van der Waals surface area contributed by atoms with E-state index in [-0.39, 0.29) is 17.4 Å². The first-order valence-corrected chi connectivity index (χ1v) is 8.29. The van der Waals surface area contributed by atoms with Crippen molar-refractivity contribution in [3.63, 3.8) is 0 Å². The van der Waals surface area contributed by atoms with E-state index in [1.165, 1.54) is 12.3 Å². The first kappa shape index (κ1) is 16.8. The van der Waals surface area contributed by atoms with Crippen molar-refractivity contribution in [3.05, 3.63) is 29.8 Å². The second-order valence-electron chi connectivity index (χ2n) is 6.37. The van der Waals surface area contributed by atoms with E-state index in [0.29, 0.717) is 39.1 Å². The van der Waals surface area contributed by atoms with Gasteiger partial charge in [-0.05, 0) is 31.7 Å². The number of carbonyl (C=O) groups is 2. The standard InChI is InChI=1S/C17H22FN3O3/c1-24-9-8-20-6-2-4-17(16(20)23)5-3-7-21(17)15(22)13-10-14(18)12-19-11-13/h10-12H,2-9H2,1H3. The van der Waals surface area contributed by atoms with Crippen molar-refractivity contribution in [2.75, 3.05) is 33.4 Å². The van der Waals surface area contributed by atoms with Gasteiger partial charge in [0.1, 0.15) is 11.4 Å². The van der Waals surface area contributed by atoms with Crippen molar-refractivity contribution in [1.82, 2.24) is 14.8 Å². The summed E-state index contributed by atoms with van der Waals surface area (Å²) in [7, 11) is 1.60. The van der Waals surface area contributed by atoms with E-state index in [1.54, 1.807) is 16.9 Å². The van der Waals surface area contributed by atoms with Gasteiger partial charge in [-0.1, -0.05) is 0 Å². The predicted molar refractivity (Wildman–Crippen MR) is 84.9 cm³/mol. The van der Waals surface area contributed by atoms with Crippen molar-refractivity contribution in [3.8, 4) is 0 Å². The minimum absolute atomic E-state index is 0.0130. The number of hydrogen-bond donors (Lipinski definition) is 0. The van der Waals surface area contributed by atoms with Gasteiger partial charge in [0.05, 0.1) is 18.4 Å². The van der Waals surface area contributed by atoms with Crippen LogP contribution < -0.4 is 0 Å². The molecule has 3 rings (SSSR count). The van der Waals surface area contributed by atoms with Crippen molar-refractivity contribution < 1.29 is 18.7 Å². The number of halogens is 1. The summed E-state index contributed by atoms with van der Waals surface area (Å²) < 4.78 is 18.5. The van der Waals surface area contributed by atoms with Crippen LogP contribution in [-0.4, -0.2) is 65.5 Å². The van der Waals surface area contributed by atoms with Crippen molar-refractivity contribution in [2.45, 2.75) is 31.2 Å². The highest BCUT2D eigenvalue weighted by molar-refractivity contribution is 5.99. The Morgan fingerprint density at radius 3 is 2.79 bits per heavy atom. The molecule has 0 aliphatic carbocycles. The maximum atomic E-state index is 13.4. The molecule has 7 heteroatoms. The van der Waals surface area contributed by atoms with Crippen molar-refractivity contribution >= 4 is 11.8 Å². The molecule has 2 saturated heterocycles. The molecule has 1 aromatic rings. The number of pyridine rings is 1. The van der Waals surface area contributed by atoms with Crippen LogP contribution in [0.1, 0.15) is 36.0 Å². The second-order valence-corrected chi connectivity index (χ2v) is 6.37. The quantitative estimate of drug-likeness (QED) is 0.836. The van der Waals surface area contributed by atoms with Gasteiger partial charge < -0.3 is 14.5 Å². The molecule has 2 fully saturated rings. The highest BCUT2D eigenvalue weighted by Gasteiger charge is 2.52. The molecule has 24 heavy (non-hydrogen) atoms. The van der Waals surface area contributed by atoms with Gasteiger partial charge in [-0.3, -0.25) is 14.6 Å². The zero-order chi connectivity index (χ0) is 17.2. The van der Waals surface area contributed by atoms with Gasteiger partial charge in [0.25, 0.3) is 5.91 Å². The van der Waals surface area contributed by atoms with Gasteiger partial charge in [0, 0.05) is 32.9 Å². The van der Waals surface area contributed by atoms with E-state index < -0.39 is 11.4 Å². The number of likely N-dealkylation sites (tertiary alicyclic amines) is 2. The maximum absolute atomic E-state index is 13.4. The molecule has 6 nitrogen and oxygen atoms in total. The van der Waals surface area contributed by atoms with Crippen molar-refractivity contribution in [2.24, 2.45) is 0 Å². The van der Waals surface area contributed by atoms with Crippen LogP contribution in [0.3, 0.4) is 0 Å². The molecule has 1 atom stereocenters. The molecule has 0 N–H and O–H groups in total. The number of piperidine rings is 1. The van der Waals surface area contributed by atoms with Crippen LogP contribution in [0.25, 0.3) is 0 Å². The van der Waals surface area contributed by atoms with Gasteiger partial charge >= 0.3 is 0 Å². The molecule has 130 valence electrons. The van der Waals surface area contributed by atoms with Crippen LogP contribution in [0.2, 0.25) is 0 Å². The lowest BCUT2D eigenvalue weighted by Gasteiger charge is -2.44. The molecule has 3 heterocycles. The molecule has 0 radical (unpaired) electrons. The van der Waals surface area contributed by atoms with Gasteiger partial charge in [-0.25, -0.2) is 4.39 Å². The number of ether oxygens (including phenoxy) is 1. The summed E-state index contributed by atoms with van der Waals surface area (Å²) in [4.78, 5) is 33.1. The van der Waals surface area contributed by atoms with Crippen LogP contribution >= 0.6 is 0 Å². The molecule has 1 spiro atoms. The van der Waals surface area contributed by atoms with Crippen LogP contribution in [0, 0.1) is 5.82 Å². The SMILES string of the molecule is COCCN1CCCC2(CCCN2C(=O)c2cncc(F)c2)C1=O. The highest BCUT2D eigenvalue weighted by Crippen LogP contribution is 2.39. The summed E-state index contributed by atoms with van der Waals surface area (Å²) in [5, 5.41) is 0. The number of methoxy groups -OCH3 is 1. The fourth-order valence-corrected chi connectivity index (χ4v) is 3.82. The number of amides is 2. The molecule has 1 aromatic heterocycles. The van der Waals surface area contributed by atoms with E-state index in [4.69, 9.17) is 4.74 Å². The number of aromatic nitrogens is 1. The highest BCUT2D eigenvalue weighted by atomic mass is 19.1. The number of rotatable bonds is 4. The average Bonchev–Trinajstić information content (AvgIpc) is 3.00. The summed E-state index contributed by atoms with van der Waals surface area (Å²) >= 11 is 0. The van der Waals surface area contributed by atoms with Crippen LogP contribution in [0.4, 0.5) is 4.39 Å². The summed E-state index contributed by atoms with van der Waals surface area (Å²) in [6, 6.07) is 1.18. The lowest BCUT2D eigenvalue weighted by atomic mass is 9.85. The van der Waals surface area contributed by atoms with Gasteiger partial charge in [0.2, 0.25) is 5.91 Å². The predicted octanol–water partition coefficient (Wildman–Crippen LogP) is 1.46. The largest absolute Gasteiger partial charge is 0.383 e. The summed E-state index contributed by atoms with van der Waals surface area (Å²) in [6.45, 7) is 2.21. The lowest BCUT2D eigenvalue weighted by Crippen LogP contribution is -2.61. The summed E-state index contributed by atoms with van der Waals surface area (Å²) in [5.74, 6) is -0.881. The normalized spacial score (nSPS) is 24.0. The average molecular weight is 335 g/mol. The maximum Gasteiger partial charge on any atom is 0.256 e. The van der Waals surface area contributed by atoms with Gasteiger partial charge in [-0.2, -0.15) is 0 Å². The Balaban J connectivity index is 1.86. The lowest BCUT2D eigenvalue weighted by molar-refractivity contribution is -0.146.